The maximum absolute atomic E-state index is 13.3. The van der Waals surface area contributed by atoms with Crippen molar-refractivity contribution in [1.82, 2.24) is 4.90 Å². The van der Waals surface area contributed by atoms with Crippen LogP contribution in [0.4, 0.5) is 10.1 Å². The van der Waals surface area contributed by atoms with Crippen LogP contribution in [0.3, 0.4) is 0 Å². The lowest BCUT2D eigenvalue weighted by Crippen LogP contribution is -2.58. The summed E-state index contributed by atoms with van der Waals surface area (Å²) in [6.07, 6.45) is 4.03. The third kappa shape index (κ3) is 3.07. The average molecular weight is 339 g/mol. The van der Waals surface area contributed by atoms with Gasteiger partial charge in [0.1, 0.15) is 11.9 Å². The number of halogens is 2. The van der Waals surface area contributed by atoms with Gasteiger partial charge in [-0.2, -0.15) is 0 Å². The number of piperazine rings is 1. The van der Waals surface area contributed by atoms with Crippen LogP contribution >= 0.6 is 11.6 Å². The van der Waals surface area contributed by atoms with Crippen molar-refractivity contribution in [2.24, 2.45) is 5.92 Å². The minimum absolute atomic E-state index is 0.00702. The van der Waals surface area contributed by atoms with Crippen LogP contribution in [0.2, 0.25) is 5.02 Å². The van der Waals surface area contributed by atoms with Gasteiger partial charge in [0, 0.05) is 24.7 Å². The minimum Gasteiger partial charge on any atom is -0.329 e. The molecule has 1 atom stereocenters. The van der Waals surface area contributed by atoms with Crippen molar-refractivity contribution in [2.45, 2.75) is 38.6 Å². The Balaban J connectivity index is 1.75. The predicted molar refractivity (Wildman–Crippen MR) is 86.9 cm³/mol. The minimum atomic E-state index is -0.508. The summed E-state index contributed by atoms with van der Waals surface area (Å²) in [6, 6.07) is 3.75. The van der Waals surface area contributed by atoms with E-state index in [4.69, 9.17) is 11.6 Å². The summed E-state index contributed by atoms with van der Waals surface area (Å²) >= 11 is 5.80. The molecule has 1 unspecified atom stereocenters. The van der Waals surface area contributed by atoms with Gasteiger partial charge in [-0.25, -0.2) is 4.39 Å². The van der Waals surface area contributed by atoms with E-state index < -0.39 is 11.9 Å². The summed E-state index contributed by atoms with van der Waals surface area (Å²) in [5.41, 5.74) is 0.571. The number of nitrogens with zero attached hydrogens (tertiary/aromatic N) is 2. The van der Waals surface area contributed by atoms with Crippen LogP contribution in [0.5, 0.6) is 0 Å². The van der Waals surface area contributed by atoms with E-state index >= 15 is 0 Å². The maximum atomic E-state index is 13.3. The molecule has 0 spiro atoms. The van der Waals surface area contributed by atoms with Gasteiger partial charge in [0.25, 0.3) is 0 Å². The van der Waals surface area contributed by atoms with E-state index in [9.17, 15) is 14.0 Å². The Bertz CT molecular complexity index is 631. The number of rotatable bonds is 2. The lowest BCUT2D eigenvalue weighted by atomic mass is 10.0. The van der Waals surface area contributed by atoms with Crippen molar-refractivity contribution >= 4 is 29.1 Å². The Labute approximate surface area is 140 Å². The van der Waals surface area contributed by atoms with Crippen molar-refractivity contribution in [3.63, 3.8) is 0 Å². The monoisotopic (exact) mass is 338 g/mol. The van der Waals surface area contributed by atoms with Crippen molar-refractivity contribution in [1.29, 1.82) is 0 Å². The number of carbonyl (C=O) groups is 2. The van der Waals surface area contributed by atoms with Crippen molar-refractivity contribution in [2.75, 3.05) is 18.0 Å². The molecular weight excluding hydrogens is 319 g/mol. The molecule has 1 aromatic rings. The van der Waals surface area contributed by atoms with Crippen LogP contribution in [-0.4, -0.2) is 35.8 Å². The molecule has 1 aliphatic heterocycles. The van der Waals surface area contributed by atoms with E-state index in [-0.39, 0.29) is 22.8 Å². The molecule has 3 rings (SSSR count). The molecule has 1 heterocycles. The van der Waals surface area contributed by atoms with E-state index in [2.05, 4.69) is 0 Å². The van der Waals surface area contributed by atoms with Gasteiger partial charge in [-0.3, -0.25) is 9.59 Å². The lowest BCUT2D eigenvalue weighted by Gasteiger charge is -2.40. The van der Waals surface area contributed by atoms with Crippen molar-refractivity contribution in [3.8, 4) is 0 Å². The molecule has 0 aromatic heterocycles. The average Bonchev–Trinajstić information content (AvgIpc) is 3.06. The van der Waals surface area contributed by atoms with E-state index in [0.29, 0.717) is 18.8 Å². The van der Waals surface area contributed by atoms with Crippen LogP contribution in [0.15, 0.2) is 18.2 Å². The zero-order valence-corrected chi connectivity index (χ0v) is 13.9. The van der Waals surface area contributed by atoms with Gasteiger partial charge in [0.15, 0.2) is 0 Å². The van der Waals surface area contributed by atoms with Gasteiger partial charge < -0.3 is 9.80 Å². The molecule has 124 valence electrons. The van der Waals surface area contributed by atoms with E-state index in [1.807, 2.05) is 0 Å². The second-order valence-corrected chi connectivity index (χ2v) is 6.68. The SMILES string of the molecule is CC1C(=O)N(c2ccc(F)c(Cl)c2)CCN1C(=O)C1CCCC1. The Morgan fingerprint density at radius 1 is 1.26 bits per heavy atom. The van der Waals surface area contributed by atoms with Gasteiger partial charge in [-0.05, 0) is 38.0 Å². The first-order chi connectivity index (χ1) is 11.0. The van der Waals surface area contributed by atoms with Gasteiger partial charge in [-0.1, -0.05) is 24.4 Å². The highest BCUT2D eigenvalue weighted by Crippen LogP contribution is 2.30. The zero-order chi connectivity index (χ0) is 16.6. The Morgan fingerprint density at radius 3 is 2.61 bits per heavy atom. The van der Waals surface area contributed by atoms with Gasteiger partial charge in [0.2, 0.25) is 11.8 Å². The molecule has 1 aliphatic carbocycles. The molecule has 0 radical (unpaired) electrons. The number of benzene rings is 1. The first kappa shape index (κ1) is 16.2. The topological polar surface area (TPSA) is 40.6 Å². The van der Waals surface area contributed by atoms with Crippen LogP contribution in [0.1, 0.15) is 32.6 Å². The smallest absolute Gasteiger partial charge is 0.249 e. The van der Waals surface area contributed by atoms with Gasteiger partial charge >= 0.3 is 0 Å². The molecule has 1 saturated carbocycles. The number of hydrogen-bond donors (Lipinski definition) is 0. The van der Waals surface area contributed by atoms with E-state index in [0.717, 1.165) is 25.7 Å². The van der Waals surface area contributed by atoms with E-state index in [1.165, 1.54) is 12.1 Å². The molecule has 2 fully saturated rings. The van der Waals surface area contributed by atoms with Gasteiger partial charge in [0.05, 0.1) is 5.02 Å². The summed E-state index contributed by atoms with van der Waals surface area (Å²) in [7, 11) is 0. The number of hydrogen-bond acceptors (Lipinski definition) is 2. The van der Waals surface area contributed by atoms with Crippen molar-refractivity contribution < 1.29 is 14.0 Å². The van der Waals surface area contributed by atoms with Gasteiger partial charge in [-0.15, -0.1) is 0 Å². The van der Waals surface area contributed by atoms with Crippen LogP contribution in [0.25, 0.3) is 0 Å². The predicted octanol–water partition coefficient (Wildman–Crippen LogP) is 3.23. The summed E-state index contributed by atoms with van der Waals surface area (Å²) in [4.78, 5) is 28.5. The quantitative estimate of drug-likeness (QED) is 0.830. The first-order valence-electron chi connectivity index (χ1n) is 8.06. The highest BCUT2D eigenvalue weighted by atomic mass is 35.5. The Kier molecular flexibility index (Phi) is 4.57. The molecule has 2 aliphatic rings. The molecule has 0 bridgehead atoms. The number of amides is 2. The molecule has 4 nitrogen and oxygen atoms in total. The summed E-state index contributed by atoms with van der Waals surface area (Å²) in [6.45, 7) is 2.66. The Morgan fingerprint density at radius 2 is 1.96 bits per heavy atom. The summed E-state index contributed by atoms with van der Waals surface area (Å²) in [5.74, 6) is -0.492. The molecule has 1 aromatic carbocycles. The van der Waals surface area contributed by atoms with Crippen LogP contribution in [0, 0.1) is 11.7 Å². The fourth-order valence-electron chi connectivity index (χ4n) is 3.49. The second kappa shape index (κ2) is 6.48. The highest BCUT2D eigenvalue weighted by Gasteiger charge is 2.38. The zero-order valence-electron chi connectivity index (χ0n) is 13.1. The molecule has 23 heavy (non-hydrogen) atoms. The molecule has 6 heteroatoms. The number of anilines is 1. The normalized spacial score (nSPS) is 22.7. The fraction of sp³-hybridized carbons (Fsp3) is 0.529. The maximum Gasteiger partial charge on any atom is 0.249 e. The number of carbonyl (C=O) groups excluding carboxylic acids is 2. The summed E-state index contributed by atoms with van der Waals surface area (Å²) in [5, 5.41) is -0.00702. The first-order valence-corrected chi connectivity index (χ1v) is 8.43. The highest BCUT2D eigenvalue weighted by molar-refractivity contribution is 6.31. The fourth-order valence-corrected chi connectivity index (χ4v) is 3.66. The standard InChI is InChI=1S/C17H20ClFN2O2/c1-11-16(22)21(13-6-7-15(19)14(18)10-13)9-8-20(11)17(23)12-4-2-3-5-12/h6-7,10-12H,2-5,8-9H2,1H3. The molecule has 2 amide bonds. The lowest BCUT2D eigenvalue weighted by molar-refractivity contribution is -0.143. The largest absolute Gasteiger partial charge is 0.329 e. The molecular formula is C17H20ClFN2O2. The molecule has 1 saturated heterocycles. The van der Waals surface area contributed by atoms with Crippen LogP contribution < -0.4 is 4.90 Å². The van der Waals surface area contributed by atoms with Crippen molar-refractivity contribution in [3.05, 3.63) is 29.0 Å². The summed E-state index contributed by atoms with van der Waals surface area (Å²) < 4.78 is 13.3. The van der Waals surface area contributed by atoms with E-state index in [1.54, 1.807) is 22.8 Å². The third-order valence-electron chi connectivity index (χ3n) is 4.86. The Hall–Kier alpha value is -1.62. The second-order valence-electron chi connectivity index (χ2n) is 6.28. The molecule has 0 N–H and O–H groups in total. The van der Waals surface area contributed by atoms with Crippen LogP contribution in [-0.2, 0) is 9.59 Å². The third-order valence-corrected chi connectivity index (χ3v) is 5.15.